The van der Waals surface area contributed by atoms with Gasteiger partial charge in [-0.25, -0.2) is 0 Å². The highest BCUT2D eigenvalue weighted by Gasteiger charge is 2.29. The molecule has 152 valence electrons. The maximum atomic E-state index is 11.7. The number of hydrogen-bond acceptors (Lipinski definition) is 4. The summed E-state index contributed by atoms with van der Waals surface area (Å²) in [6.07, 6.45) is 3.43. The molecule has 30 heavy (non-hydrogen) atoms. The summed E-state index contributed by atoms with van der Waals surface area (Å²) in [5.74, 6) is 0.271. The zero-order valence-corrected chi connectivity index (χ0v) is 16.6. The van der Waals surface area contributed by atoms with Gasteiger partial charge in [0.05, 0.1) is 4.92 Å². The average molecular weight is 401 g/mol. The van der Waals surface area contributed by atoms with E-state index < -0.39 is 4.92 Å². The number of aryl methyl sites for hydroxylation is 1. The van der Waals surface area contributed by atoms with Crippen molar-refractivity contribution < 1.29 is 14.5 Å². The van der Waals surface area contributed by atoms with Gasteiger partial charge in [-0.2, -0.15) is 0 Å². The molecule has 0 heterocycles. The highest BCUT2D eigenvalue weighted by atomic mass is 16.6. The van der Waals surface area contributed by atoms with Gasteiger partial charge in [-0.05, 0) is 53.5 Å². The monoisotopic (exact) mass is 401 g/mol. The van der Waals surface area contributed by atoms with Crippen LogP contribution in [-0.4, -0.2) is 11.2 Å². The number of carbonyl (C=O) groups excluding carboxylic acids is 1. The first-order chi connectivity index (χ1) is 14.7. The number of aldehydes is 1. The van der Waals surface area contributed by atoms with Gasteiger partial charge in [-0.1, -0.05) is 60.7 Å². The van der Waals surface area contributed by atoms with Crippen molar-refractivity contribution in [3.63, 3.8) is 0 Å². The Kier molecular flexibility index (Phi) is 5.89. The minimum Gasteiger partial charge on any atom is -0.482 e. The second kappa shape index (κ2) is 8.91. The largest absolute Gasteiger partial charge is 0.482 e. The first-order valence-corrected chi connectivity index (χ1v) is 10.1. The van der Waals surface area contributed by atoms with Gasteiger partial charge in [0, 0.05) is 12.0 Å². The Balaban J connectivity index is 1.61. The van der Waals surface area contributed by atoms with E-state index >= 15 is 0 Å². The Hall–Kier alpha value is -3.47. The predicted molar refractivity (Wildman–Crippen MR) is 115 cm³/mol. The normalized spacial score (nSPS) is 17.7. The van der Waals surface area contributed by atoms with Crippen LogP contribution in [0.5, 0.6) is 5.75 Å². The highest BCUT2D eigenvalue weighted by Crippen LogP contribution is 2.39. The third-order valence-electron chi connectivity index (χ3n) is 5.81. The number of rotatable bonds is 7. The molecule has 2 atom stereocenters. The van der Waals surface area contributed by atoms with Crippen LogP contribution in [0, 0.1) is 16.0 Å². The Bertz CT molecular complexity index is 1050. The van der Waals surface area contributed by atoms with Gasteiger partial charge in [0.1, 0.15) is 12.9 Å². The van der Waals surface area contributed by atoms with E-state index in [2.05, 4.69) is 12.1 Å². The fourth-order valence-electron chi connectivity index (χ4n) is 4.24. The van der Waals surface area contributed by atoms with Crippen molar-refractivity contribution in [3.05, 3.63) is 105 Å². The van der Waals surface area contributed by atoms with Crippen LogP contribution in [0.3, 0.4) is 0 Å². The minimum absolute atomic E-state index is 0.0503. The lowest BCUT2D eigenvalue weighted by Crippen LogP contribution is -2.23. The summed E-state index contributed by atoms with van der Waals surface area (Å²) in [6, 6.07) is 22.8. The lowest BCUT2D eigenvalue weighted by atomic mass is 9.73. The van der Waals surface area contributed by atoms with Gasteiger partial charge in [0.2, 0.25) is 0 Å². The van der Waals surface area contributed by atoms with E-state index in [0.29, 0.717) is 6.42 Å². The lowest BCUT2D eigenvalue weighted by molar-refractivity contribution is -0.386. The zero-order chi connectivity index (χ0) is 20.9. The van der Waals surface area contributed by atoms with Crippen molar-refractivity contribution in [1.82, 2.24) is 0 Å². The molecule has 0 spiro atoms. The topological polar surface area (TPSA) is 69.4 Å². The first-order valence-electron chi connectivity index (χ1n) is 10.1. The molecule has 3 aromatic rings. The molecule has 1 aliphatic rings. The van der Waals surface area contributed by atoms with Gasteiger partial charge in [0.15, 0.2) is 5.75 Å². The predicted octanol–water partition coefficient (Wildman–Crippen LogP) is 5.26. The molecule has 0 saturated heterocycles. The van der Waals surface area contributed by atoms with E-state index in [-0.39, 0.29) is 29.9 Å². The fourth-order valence-corrected chi connectivity index (χ4v) is 4.24. The van der Waals surface area contributed by atoms with Crippen molar-refractivity contribution in [2.45, 2.75) is 31.8 Å². The number of ether oxygens (including phenoxy) is 1. The van der Waals surface area contributed by atoms with E-state index in [4.69, 9.17) is 4.74 Å². The van der Waals surface area contributed by atoms with Crippen LogP contribution >= 0.6 is 0 Å². The lowest BCUT2D eigenvalue weighted by Gasteiger charge is -2.30. The quantitative estimate of drug-likeness (QED) is 0.308. The minimum atomic E-state index is -0.422. The number of nitro benzene ring substituents is 1. The van der Waals surface area contributed by atoms with E-state index in [9.17, 15) is 14.9 Å². The molecule has 2 unspecified atom stereocenters. The summed E-state index contributed by atoms with van der Waals surface area (Å²) in [6.45, 7) is 0.258. The number of hydrogen-bond donors (Lipinski definition) is 0. The van der Waals surface area contributed by atoms with Gasteiger partial charge in [-0.15, -0.1) is 0 Å². The molecule has 4 rings (SSSR count). The SMILES string of the molecule is O=CC1CCc2ccccc2C1Cc1ccc([N+](=O)[O-])c(OCc2ccccc2)c1. The number of carbonyl (C=O) groups is 1. The molecular weight excluding hydrogens is 378 g/mol. The van der Waals surface area contributed by atoms with E-state index in [1.165, 1.54) is 17.2 Å². The molecule has 0 radical (unpaired) electrons. The molecule has 1 aliphatic carbocycles. The van der Waals surface area contributed by atoms with Crippen molar-refractivity contribution in [2.75, 3.05) is 0 Å². The number of benzene rings is 3. The van der Waals surface area contributed by atoms with Crippen LogP contribution in [0.25, 0.3) is 0 Å². The van der Waals surface area contributed by atoms with Crippen LogP contribution in [0.4, 0.5) is 5.69 Å². The molecule has 0 N–H and O–H groups in total. The Morgan fingerprint density at radius 3 is 2.53 bits per heavy atom. The third-order valence-corrected chi connectivity index (χ3v) is 5.81. The average Bonchev–Trinajstić information content (AvgIpc) is 2.78. The molecule has 0 aliphatic heterocycles. The Morgan fingerprint density at radius 2 is 1.77 bits per heavy atom. The summed E-state index contributed by atoms with van der Waals surface area (Å²) in [5, 5.41) is 11.5. The van der Waals surface area contributed by atoms with Crippen molar-refractivity contribution >= 4 is 12.0 Å². The van der Waals surface area contributed by atoms with E-state index in [1.54, 1.807) is 12.1 Å². The van der Waals surface area contributed by atoms with Gasteiger partial charge >= 0.3 is 5.69 Å². The van der Waals surface area contributed by atoms with E-state index in [1.807, 2.05) is 42.5 Å². The molecule has 5 heteroatoms. The first kappa shape index (κ1) is 19.8. The smallest absolute Gasteiger partial charge is 0.310 e. The Morgan fingerprint density at radius 1 is 1.00 bits per heavy atom. The summed E-state index contributed by atoms with van der Waals surface area (Å²) >= 11 is 0. The second-order valence-corrected chi connectivity index (χ2v) is 7.68. The maximum Gasteiger partial charge on any atom is 0.310 e. The molecule has 0 fully saturated rings. The molecule has 0 aromatic heterocycles. The van der Waals surface area contributed by atoms with Gasteiger partial charge < -0.3 is 9.53 Å². The van der Waals surface area contributed by atoms with Crippen molar-refractivity contribution in [1.29, 1.82) is 0 Å². The number of nitrogens with zero attached hydrogens (tertiary/aromatic N) is 1. The summed E-state index contributed by atoms with van der Waals surface area (Å²) in [7, 11) is 0. The van der Waals surface area contributed by atoms with Gasteiger partial charge in [0.25, 0.3) is 0 Å². The second-order valence-electron chi connectivity index (χ2n) is 7.68. The highest BCUT2D eigenvalue weighted by molar-refractivity contribution is 5.58. The van der Waals surface area contributed by atoms with Crippen LogP contribution in [0.2, 0.25) is 0 Å². The number of fused-ring (bicyclic) bond motifs is 1. The van der Waals surface area contributed by atoms with Crippen LogP contribution in [0.15, 0.2) is 72.8 Å². The molecule has 5 nitrogen and oxygen atoms in total. The fraction of sp³-hybridized carbons (Fsp3) is 0.240. The summed E-state index contributed by atoms with van der Waals surface area (Å²) < 4.78 is 5.83. The third kappa shape index (κ3) is 4.25. The Labute approximate surface area is 175 Å². The standard InChI is InChI=1S/C25H23NO4/c27-16-21-12-11-20-8-4-5-9-22(20)23(21)14-19-10-13-24(26(28)29)25(15-19)30-17-18-6-2-1-3-7-18/h1-10,13,15-16,21,23H,11-12,14,17H2. The molecule has 0 saturated carbocycles. The van der Waals surface area contributed by atoms with Crippen molar-refractivity contribution in [3.8, 4) is 5.75 Å². The summed E-state index contributed by atoms with van der Waals surface area (Å²) in [4.78, 5) is 22.8. The molecule has 3 aromatic carbocycles. The summed E-state index contributed by atoms with van der Waals surface area (Å²) in [5.41, 5.74) is 4.30. The van der Waals surface area contributed by atoms with Crippen molar-refractivity contribution in [2.24, 2.45) is 5.92 Å². The van der Waals surface area contributed by atoms with Crippen LogP contribution in [-0.2, 0) is 24.2 Å². The van der Waals surface area contributed by atoms with Crippen LogP contribution < -0.4 is 4.74 Å². The van der Waals surface area contributed by atoms with Gasteiger partial charge in [-0.3, -0.25) is 10.1 Å². The van der Waals surface area contributed by atoms with Crippen LogP contribution in [0.1, 0.15) is 34.6 Å². The zero-order valence-electron chi connectivity index (χ0n) is 16.6. The maximum absolute atomic E-state index is 11.7. The molecular formula is C25H23NO4. The number of nitro groups is 1. The van der Waals surface area contributed by atoms with E-state index in [0.717, 1.165) is 30.3 Å². The molecule has 0 bridgehead atoms. The molecule has 0 amide bonds.